The van der Waals surface area contributed by atoms with Gasteiger partial charge in [-0.15, -0.1) is 0 Å². The Morgan fingerprint density at radius 3 is 2.44 bits per heavy atom. The number of ether oxygens (including phenoxy) is 1. The fraction of sp³-hybridized carbons (Fsp3) is 0.194. The van der Waals surface area contributed by atoms with Crippen molar-refractivity contribution in [3.63, 3.8) is 0 Å². The Kier molecular flexibility index (Phi) is 13.4. The van der Waals surface area contributed by atoms with Gasteiger partial charge in [-0.2, -0.15) is 0 Å². The van der Waals surface area contributed by atoms with Crippen LogP contribution in [0.3, 0.4) is 0 Å². The van der Waals surface area contributed by atoms with E-state index < -0.39 is 5.82 Å². The van der Waals surface area contributed by atoms with Crippen LogP contribution in [0.1, 0.15) is 37.7 Å². The number of hydrogen-bond acceptors (Lipinski definition) is 6. The number of benzene rings is 1. The standard InChI is InChI=1S/C23H21FN2O3.C6H10N2.C2H6/c1-14-5-8-18(23(28)26(14)4)17-7-10-22(19(24)13-17)29-21-11-12-25-20(16(21)3)9-6-15(2)27;1-3-4-6(7)5-8-2;1-2/h5-13,27H,2H2,1,3-4H3;3-5H,2,7H2,1H3;1-2H3/b9-6-;4-3-,6-5+;. The smallest absolute Gasteiger partial charge is 0.258 e. The molecule has 39 heavy (non-hydrogen) atoms. The summed E-state index contributed by atoms with van der Waals surface area (Å²) in [5.74, 6) is -0.210. The van der Waals surface area contributed by atoms with E-state index in [9.17, 15) is 14.3 Å². The van der Waals surface area contributed by atoms with Crippen LogP contribution < -0.4 is 16.0 Å². The summed E-state index contributed by atoms with van der Waals surface area (Å²) < 4.78 is 22.0. The van der Waals surface area contributed by atoms with E-state index in [4.69, 9.17) is 10.5 Å². The molecule has 2 aromatic heterocycles. The van der Waals surface area contributed by atoms with Gasteiger partial charge in [-0.1, -0.05) is 32.6 Å². The molecule has 0 bridgehead atoms. The Balaban J connectivity index is 0.000000654. The molecule has 2 heterocycles. The largest absolute Gasteiger partial charge is 0.509 e. The van der Waals surface area contributed by atoms with Crippen LogP contribution in [-0.4, -0.2) is 21.4 Å². The van der Waals surface area contributed by atoms with E-state index >= 15 is 0 Å². The third-order valence-electron chi connectivity index (χ3n) is 5.24. The number of allylic oxidation sites excluding steroid dienone is 3. The first-order valence-electron chi connectivity index (χ1n) is 12.3. The molecule has 0 aliphatic heterocycles. The van der Waals surface area contributed by atoms with Gasteiger partial charge < -0.3 is 20.1 Å². The lowest BCUT2D eigenvalue weighted by molar-refractivity contribution is 0.435. The number of hydrogen-bond donors (Lipinski definition) is 2. The van der Waals surface area contributed by atoms with E-state index in [0.717, 1.165) is 5.69 Å². The minimum absolute atomic E-state index is 0.0356. The predicted molar refractivity (Wildman–Crippen MR) is 160 cm³/mol. The number of aliphatic imine (C=N–C) groups is 1. The summed E-state index contributed by atoms with van der Waals surface area (Å²) in [5.41, 5.74) is 8.74. The number of aliphatic hydroxyl groups excluding tert-OH is 1. The highest BCUT2D eigenvalue weighted by atomic mass is 19.1. The summed E-state index contributed by atoms with van der Waals surface area (Å²) in [7, 11) is 1.68. The molecule has 3 rings (SSSR count). The monoisotopic (exact) mass is 532 g/mol. The van der Waals surface area contributed by atoms with Crippen molar-refractivity contribution in [1.29, 1.82) is 0 Å². The van der Waals surface area contributed by atoms with Gasteiger partial charge in [0, 0.05) is 42.0 Å². The van der Waals surface area contributed by atoms with Crippen molar-refractivity contribution in [3.05, 3.63) is 118 Å². The van der Waals surface area contributed by atoms with Gasteiger partial charge in [0.15, 0.2) is 11.6 Å². The van der Waals surface area contributed by atoms with Crippen LogP contribution in [0.25, 0.3) is 17.2 Å². The molecule has 0 saturated heterocycles. The fourth-order valence-electron chi connectivity index (χ4n) is 3.15. The topological polar surface area (TPSA) is 103 Å². The summed E-state index contributed by atoms with van der Waals surface area (Å²) in [6.45, 7) is 16.1. The lowest BCUT2D eigenvalue weighted by Crippen LogP contribution is -2.20. The second-order valence-corrected chi connectivity index (χ2v) is 7.96. The minimum atomic E-state index is -0.581. The molecule has 1 aromatic carbocycles. The lowest BCUT2D eigenvalue weighted by atomic mass is 10.1. The quantitative estimate of drug-likeness (QED) is 0.191. The van der Waals surface area contributed by atoms with E-state index in [1.165, 1.54) is 35.2 Å². The normalized spacial score (nSPS) is 10.9. The molecule has 0 saturated carbocycles. The number of nitrogens with zero attached hydrogens (tertiary/aromatic N) is 3. The Morgan fingerprint density at radius 1 is 1.15 bits per heavy atom. The first-order valence-corrected chi connectivity index (χ1v) is 12.3. The zero-order valence-electron chi connectivity index (χ0n) is 23.4. The molecule has 3 N–H and O–H groups in total. The summed E-state index contributed by atoms with van der Waals surface area (Å²) >= 11 is 0. The molecule has 0 atom stereocenters. The Bertz CT molecular complexity index is 1440. The highest BCUT2D eigenvalue weighted by Crippen LogP contribution is 2.30. The highest BCUT2D eigenvalue weighted by molar-refractivity contribution is 5.64. The summed E-state index contributed by atoms with van der Waals surface area (Å²) in [4.78, 5) is 20.1. The maximum Gasteiger partial charge on any atom is 0.258 e. The number of aromatic nitrogens is 2. The molecule has 8 heteroatoms. The highest BCUT2D eigenvalue weighted by Gasteiger charge is 2.13. The molecular weight excluding hydrogens is 495 g/mol. The number of aryl methyl sites for hydroxylation is 1. The summed E-state index contributed by atoms with van der Waals surface area (Å²) in [6.07, 6.45) is 9.64. The molecule has 0 spiro atoms. The molecule has 3 aromatic rings. The molecule has 0 aliphatic carbocycles. The van der Waals surface area contributed by atoms with E-state index in [1.807, 2.05) is 39.8 Å². The van der Waals surface area contributed by atoms with Crippen molar-refractivity contribution in [3.8, 4) is 22.6 Å². The molecule has 0 amide bonds. The van der Waals surface area contributed by atoms with Gasteiger partial charge in [0.05, 0.1) is 5.69 Å². The molecule has 0 fully saturated rings. The van der Waals surface area contributed by atoms with Crippen LogP contribution in [0.15, 0.2) is 94.8 Å². The van der Waals surface area contributed by atoms with E-state index in [1.54, 1.807) is 44.3 Å². The Labute approximate surface area is 229 Å². The molecule has 0 radical (unpaired) electrons. The summed E-state index contributed by atoms with van der Waals surface area (Å²) in [6, 6.07) is 9.56. The zero-order chi connectivity index (χ0) is 29.5. The first-order chi connectivity index (χ1) is 18.6. The number of rotatable bonds is 7. The van der Waals surface area contributed by atoms with Gasteiger partial charge in [0.2, 0.25) is 0 Å². The van der Waals surface area contributed by atoms with Crippen molar-refractivity contribution in [2.24, 2.45) is 17.8 Å². The van der Waals surface area contributed by atoms with Crippen LogP contribution >= 0.6 is 0 Å². The molecule has 0 unspecified atom stereocenters. The van der Waals surface area contributed by atoms with E-state index in [0.29, 0.717) is 33.8 Å². The van der Waals surface area contributed by atoms with Crippen molar-refractivity contribution < 1.29 is 14.2 Å². The Morgan fingerprint density at radius 2 is 1.85 bits per heavy atom. The van der Waals surface area contributed by atoms with Crippen LogP contribution in [0, 0.1) is 19.7 Å². The predicted octanol–water partition coefficient (Wildman–Crippen LogP) is 7.17. The number of aliphatic hydroxyl groups is 1. The maximum absolute atomic E-state index is 14.7. The van der Waals surface area contributed by atoms with Crippen molar-refractivity contribution >= 4 is 12.8 Å². The zero-order valence-corrected chi connectivity index (χ0v) is 23.4. The van der Waals surface area contributed by atoms with E-state index in [-0.39, 0.29) is 17.1 Å². The van der Waals surface area contributed by atoms with Crippen LogP contribution in [0.5, 0.6) is 11.5 Å². The number of halogens is 1. The average molecular weight is 533 g/mol. The van der Waals surface area contributed by atoms with Crippen LogP contribution in [0.2, 0.25) is 0 Å². The molecular formula is C31H37FN4O3. The molecule has 7 nitrogen and oxygen atoms in total. The maximum atomic E-state index is 14.7. The van der Waals surface area contributed by atoms with Crippen LogP contribution in [0.4, 0.5) is 4.39 Å². The lowest BCUT2D eigenvalue weighted by Gasteiger charge is -2.12. The van der Waals surface area contributed by atoms with Gasteiger partial charge in [0.1, 0.15) is 11.5 Å². The number of pyridine rings is 2. The van der Waals surface area contributed by atoms with Gasteiger partial charge in [-0.25, -0.2) is 4.39 Å². The van der Waals surface area contributed by atoms with Gasteiger partial charge in [0.25, 0.3) is 5.56 Å². The van der Waals surface area contributed by atoms with E-state index in [2.05, 4.69) is 23.3 Å². The average Bonchev–Trinajstić information content (AvgIpc) is 2.91. The second-order valence-electron chi connectivity index (χ2n) is 7.96. The fourth-order valence-corrected chi connectivity index (χ4v) is 3.15. The van der Waals surface area contributed by atoms with Gasteiger partial charge in [-0.05, 0) is 81.6 Å². The first kappa shape index (κ1) is 32.3. The third-order valence-corrected chi connectivity index (χ3v) is 5.24. The third kappa shape index (κ3) is 9.59. The van der Waals surface area contributed by atoms with Gasteiger partial charge in [-0.3, -0.25) is 14.8 Å². The Hall–Kier alpha value is -4.72. The van der Waals surface area contributed by atoms with Crippen molar-refractivity contribution in [1.82, 2.24) is 9.55 Å². The molecule has 0 aliphatic rings. The molecule has 206 valence electrons. The van der Waals surface area contributed by atoms with Crippen LogP contribution in [-0.2, 0) is 7.05 Å². The van der Waals surface area contributed by atoms with Gasteiger partial charge >= 0.3 is 0 Å². The minimum Gasteiger partial charge on any atom is -0.509 e. The SMILES string of the molecule is C=C(O)/C=C\c1nccc(Oc2ccc(-c3ccc(C)n(C)c3=O)cc2F)c1C.C=N/C=C(N)\C=C/C.CC. The second kappa shape index (κ2) is 16.2. The van der Waals surface area contributed by atoms with Crippen molar-refractivity contribution in [2.75, 3.05) is 0 Å². The summed E-state index contributed by atoms with van der Waals surface area (Å²) in [5, 5.41) is 9.20. The number of nitrogens with two attached hydrogens (primary N) is 1. The van der Waals surface area contributed by atoms with Crippen molar-refractivity contribution in [2.45, 2.75) is 34.6 Å².